The molecule has 1 saturated heterocycles. The Kier molecular flexibility index (Phi) is 4.18. The lowest BCUT2D eigenvalue weighted by atomic mass is 9.95. The topological polar surface area (TPSA) is 24.5 Å². The first-order chi connectivity index (χ1) is 10.1. The minimum atomic E-state index is -0.217. The van der Waals surface area contributed by atoms with E-state index in [-0.39, 0.29) is 11.4 Å². The summed E-state index contributed by atoms with van der Waals surface area (Å²) in [7, 11) is 1.52. The third kappa shape index (κ3) is 3.22. The van der Waals surface area contributed by atoms with Crippen LogP contribution in [0.1, 0.15) is 31.7 Å². The van der Waals surface area contributed by atoms with E-state index >= 15 is 0 Å². The summed E-state index contributed by atoms with van der Waals surface area (Å²) in [6, 6.07) is 5.41. The van der Waals surface area contributed by atoms with Crippen LogP contribution in [-0.2, 0) is 6.54 Å². The molecule has 3 rings (SSSR count). The fourth-order valence-corrected chi connectivity index (χ4v) is 3.48. The van der Waals surface area contributed by atoms with E-state index in [1.165, 1.54) is 20.0 Å². The lowest BCUT2D eigenvalue weighted by Gasteiger charge is -2.34. The first kappa shape index (κ1) is 14.8. The first-order valence-corrected chi connectivity index (χ1v) is 7.91. The molecule has 1 aromatic rings. The van der Waals surface area contributed by atoms with Gasteiger partial charge in [0.2, 0.25) is 0 Å². The molecule has 0 aromatic heterocycles. The van der Waals surface area contributed by atoms with Gasteiger partial charge in [-0.1, -0.05) is 12.1 Å². The highest BCUT2D eigenvalue weighted by Crippen LogP contribution is 2.40. The van der Waals surface area contributed by atoms with E-state index in [0.29, 0.717) is 12.3 Å². The van der Waals surface area contributed by atoms with Gasteiger partial charge < -0.3 is 10.1 Å². The van der Waals surface area contributed by atoms with Crippen LogP contribution < -0.4 is 10.1 Å². The number of halogens is 1. The molecule has 2 fully saturated rings. The predicted octanol–water partition coefficient (Wildman–Crippen LogP) is 2.80. The maximum atomic E-state index is 14.3. The molecule has 1 saturated carbocycles. The molecule has 1 atom stereocenters. The molecular weight excluding hydrogens is 267 g/mol. The molecule has 4 heteroatoms. The van der Waals surface area contributed by atoms with E-state index in [0.717, 1.165) is 37.5 Å². The number of nitrogens with zero attached hydrogens (tertiary/aromatic N) is 1. The molecule has 1 heterocycles. The minimum Gasteiger partial charge on any atom is -0.494 e. The van der Waals surface area contributed by atoms with Gasteiger partial charge in [0.1, 0.15) is 0 Å². The van der Waals surface area contributed by atoms with Crippen molar-refractivity contribution in [3.05, 3.63) is 29.6 Å². The van der Waals surface area contributed by atoms with Gasteiger partial charge in [-0.25, -0.2) is 4.39 Å². The lowest BCUT2D eigenvalue weighted by molar-refractivity contribution is 0.193. The standard InChI is InChI=1S/C17H25FN2O/c1-17(14-7-8-14)12-20(10-4-9-19-17)11-13-5-3-6-15(21-2)16(13)18/h3,5-6,14,19H,4,7-12H2,1-2H3. The fourth-order valence-electron chi connectivity index (χ4n) is 3.48. The van der Waals surface area contributed by atoms with Crippen LogP contribution in [0.2, 0.25) is 0 Å². The van der Waals surface area contributed by atoms with Crippen LogP contribution in [0.25, 0.3) is 0 Å². The van der Waals surface area contributed by atoms with Gasteiger partial charge in [-0.2, -0.15) is 0 Å². The Morgan fingerprint density at radius 2 is 2.24 bits per heavy atom. The maximum Gasteiger partial charge on any atom is 0.169 e. The van der Waals surface area contributed by atoms with Gasteiger partial charge in [0, 0.05) is 24.2 Å². The zero-order valence-corrected chi connectivity index (χ0v) is 13.0. The highest BCUT2D eigenvalue weighted by atomic mass is 19.1. The summed E-state index contributed by atoms with van der Waals surface area (Å²) in [6.07, 6.45) is 3.77. The van der Waals surface area contributed by atoms with Crippen molar-refractivity contribution >= 4 is 0 Å². The van der Waals surface area contributed by atoms with Crippen molar-refractivity contribution in [2.45, 2.75) is 38.3 Å². The molecule has 1 unspecified atom stereocenters. The van der Waals surface area contributed by atoms with Crippen LogP contribution in [0.3, 0.4) is 0 Å². The molecule has 21 heavy (non-hydrogen) atoms. The largest absolute Gasteiger partial charge is 0.494 e. The molecule has 0 spiro atoms. The maximum absolute atomic E-state index is 14.3. The van der Waals surface area contributed by atoms with Gasteiger partial charge in [0.15, 0.2) is 11.6 Å². The number of methoxy groups -OCH3 is 1. The van der Waals surface area contributed by atoms with Crippen molar-refractivity contribution in [2.75, 3.05) is 26.7 Å². The van der Waals surface area contributed by atoms with E-state index in [1.807, 2.05) is 12.1 Å². The van der Waals surface area contributed by atoms with Crippen molar-refractivity contribution in [3.8, 4) is 5.75 Å². The Morgan fingerprint density at radius 3 is 2.95 bits per heavy atom. The summed E-state index contributed by atoms with van der Waals surface area (Å²) in [4.78, 5) is 2.39. The Labute approximate surface area is 126 Å². The van der Waals surface area contributed by atoms with Crippen LogP contribution in [-0.4, -0.2) is 37.2 Å². The Balaban J connectivity index is 1.74. The van der Waals surface area contributed by atoms with E-state index in [4.69, 9.17) is 4.74 Å². The minimum absolute atomic E-state index is 0.186. The number of hydrogen-bond acceptors (Lipinski definition) is 3. The van der Waals surface area contributed by atoms with Gasteiger partial charge >= 0.3 is 0 Å². The van der Waals surface area contributed by atoms with Gasteiger partial charge in [-0.05, 0) is 51.3 Å². The second-order valence-electron chi connectivity index (χ2n) is 6.62. The Morgan fingerprint density at radius 1 is 1.43 bits per heavy atom. The van der Waals surface area contributed by atoms with Crippen LogP contribution in [0.4, 0.5) is 4.39 Å². The summed E-state index contributed by atoms with van der Waals surface area (Å²) in [5.74, 6) is 0.906. The monoisotopic (exact) mass is 292 g/mol. The van der Waals surface area contributed by atoms with Crippen molar-refractivity contribution < 1.29 is 9.13 Å². The summed E-state index contributed by atoms with van der Waals surface area (Å²) in [6.45, 7) is 6.06. The second kappa shape index (κ2) is 5.93. The van der Waals surface area contributed by atoms with Crippen molar-refractivity contribution in [3.63, 3.8) is 0 Å². The predicted molar refractivity (Wildman–Crippen MR) is 82.0 cm³/mol. The van der Waals surface area contributed by atoms with Gasteiger partial charge in [0.25, 0.3) is 0 Å². The fraction of sp³-hybridized carbons (Fsp3) is 0.647. The number of ether oxygens (including phenoxy) is 1. The molecule has 3 nitrogen and oxygen atoms in total. The summed E-state index contributed by atoms with van der Waals surface area (Å²) >= 11 is 0. The van der Waals surface area contributed by atoms with Crippen LogP contribution in [0.15, 0.2) is 18.2 Å². The Hall–Kier alpha value is -1.13. The van der Waals surface area contributed by atoms with E-state index in [9.17, 15) is 4.39 Å². The number of nitrogens with one attached hydrogen (secondary N) is 1. The van der Waals surface area contributed by atoms with Crippen LogP contribution >= 0.6 is 0 Å². The summed E-state index contributed by atoms with van der Waals surface area (Å²) in [5.41, 5.74) is 0.917. The van der Waals surface area contributed by atoms with Crippen LogP contribution in [0, 0.1) is 11.7 Å². The number of hydrogen-bond donors (Lipinski definition) is 1. The number of benzene rings is 1. The molecule has 1 aliphatic heterocycles. The molecule has 116 valence electrons. The van der Waals surface area contributed by atoms with Gasteiger partial charge in [-0.3, -0.25) is 4.90 Å². The zero-order valence-electron chi connectivity index (χ0n) is 13.0. The number of rotatable bonds is 4. The van der Waals surface area contributed by atoms with Crippen molar-refractivity contribution in [1.29, 1.82) is 0 Å². The summed E-state index contributed by atoms with van der Waals surface area (Å²) in [5, 5.41) is 3.71. The zero-order chi connectivity index (χ0) is 14.9. The van der Waals surface area contributed by atoms with Crippen LogP contribution in [0.5, 0.6) is 5.75 Å². The van der Waals surface area contributed by atoms with E-state index in [1.54, 1.807) is 6.07 Å². The lowest BCUT2D eigenvalue weighted by Crippen LogP contribution is -2.50. The second-order valence-corrected chi connectivity index (χ2v) is 6.62. The summed E-state index contributed by atoms with van der Waals surface area (Å²) < 4.78 is 19.4. The molecule has 1 aromatic carbocycles. The first-order valence-electron chi connectivity index (χ1n) is 7.91. The molecule has 1 aliphatic carbocycles. The van der Waals surface area contributed by atoms with Gasteiger partial charge in [0.05, 0.1) is 7.11 Å². The molecule has 1 N–H and O–H groups in total. The highest BCUT2D eigenvalue weighted by Gasteiger charge is 2.42. The van der Waals surface area contributed by atoms with Gasteiger partial charge in [-0.15, -0.1) is 0 Å². The molecule has 0 radical (unpaired) electrons. The van der Waals surface area contributed by atoms with Crippen molar-refractivity contribution in [1.82, 2.24) is 10.2 Å². The van der Waals surface area contributed by atoms with Crippen molar-refractivity contribution in [2.24, 2.45) is 5.92 Å². The van der Waals surface area contributed by atoms with E-state index in [2.05, 4.69) is 17.1 Å². The smallest absolute Gasteiger partial charge is 0.169 e. The quantitative estimate of drug-likeness (QED) is 0.923. The Bertz CT molecular complexity index is 504. The highest BCUT2D eigenvalue weighted by molar-refractivity contribution is 5.31. The SMILES string of the molecule is COc1cccc(CN2CCCNC(C)(C3CC3)C2)c1F. The van der Waals surface area contributed by atoms with E-state index < -0.39 is 0 Å². The molecule has 0 bridgehead atoms. The normalized spacial score (nSPS) is 27.4. The average molecular weight is 292 g/mol. The third-order valence-corrected chi connectivity index (χ3v) is 4.87. The molecule has 2 aliphatic rings. The molecular formula is C17H25FN2O. The molecule has 0 amide bonds. The average Bonchev–Trinajstić information content (AvgIpc) is 3.30. The third-order valence-electron chi connectivity index (χ3n) is 4.87.